The summed E-state index contributed by atoms with van der Waals surface area (Å²) in [5.74, 6) is -1.73. The van der Waals surface area contributed by atoms with E-state index in [0.717, 1.165) is 38.5 Å². The number of aliphatic carboxylic acids is 1. The number of ether oxygens (including phenoxy) is 3. The summed E-state index contributed by atoms with van der Waals surface area (Å²) in [6, 6.07) is -0.723. The summed E-state index contributed by atoms with van der Waals surface area (Å²) in [6.45, 7) is 4.65. The van der Waals surface area contributed by atoms with Crippen molar-refractivity contribution in [3.8, 4) is 0 Å². The largest absolute Gasteiger partial charge is 0.544 e. The maximum atomic E-state index is 12.7. The molecule has 0 spiro atoms. The van der Waals surface area contributed by atoms with Gasteiger partial charge in [0.25, 0.3) is 0 Å². The Morgan fingerprint density at radius 2 is 0.929 bits per heavy atom. The molecule has 0 aliphatic heterocycles. The number of quaternary nitrogens is 1. The molecule has 8 nitrogen and oxygen atoms in total. The van der Waals surface area contributed by atoms with E-state index >= 15 is 0 Å². The zero-order chi connectivity index (χ0) is 41.4. The van der Waals surface area contributed by atoms with Gasteiger partial charge in [-0.1, -0.05) is 179 Å². The summed E-state index contributed by atoms with van der Waals surface area (Å²) < 4.78 is 17.2. The summed E-state index contributed by atoms with van der Waals surface area (Å²) >= 11 is 0. The molecule has 8 heteroatoms. The number of carbonyl (C=O) groups excluding carboxylic acids is 3. The average Bonchev–Trinajstić information content (AvgIpc) is 3.15. The maximum absolute atomic E-state index is 12.7. The first kappa shape index (κ1) is 53.8. The minimum Gasteiger partial charge on any atom is -0.544 e. The summed E-state index contributed by atoms with van der Waals surface area (Å²) in [6.07, 6.45) is 43.4. The van der Waals surface area contributed by atoms with Crippen LogP contribution in [0.25, 0.3) is 0 Å². The van der Waals surface area contributed by atoms with E-state index in [1.54, 1.807) is 21.1 Å². The van der Waals surface area contributed by atoms with Crippen molar-refractivity contribution >= 4 is 17.9 Å². The Kier molecular flexibility index (Phi) is 38.1. The third-order valence-corrected chi connectivity index (χ3v) is 10.6. The normalized spacial score (nSPS) is 13.1. The molecule has 0 bridgehead atoms. The number of hydrogen-bond donors (Lipinski definition) is 0. The van der Waals surface area contributed by atoms with Crippen LogP contribution >= 0.6 is 0 Å². The van der Waals surface area contributed by atoms with Crippen LogP contribution in [-0.4, -0.2) is 75.5 Å². The van der Waals surface area contributed by atoms with Gasteiger partial charge >= 0.3 is 11.9 Å². The highest BCUT2D eigenvalue weighted by atomic mass is 16.6. The third-order valence-electron chi connectivity index (χ3n) is 10.6. The number of carbonyl (C=O) groups is 3. The van der Waals surface area contributed by atoms with Gasteiger partial charge in [0.2, 0.25) is 0 Å². The summed E-state index contributed by atoms with van der Waals surface area (Å²) in [4.78, 5) is 36.9. The van der Waals surface area contributed by atoms with Gasteiger partial charge in [-0.15, -0.1) is 0 Å². The predicted octanol–water partition coefficient (Wildman–Crippen LogP) is 11.5. The number of nitrogens with zero attached hydrogens (tertiary/aromatic N) is 1. The van der Waals surface area contributed by atoms with Gasteiger partial charge in [-0.05, 0) is 38.5 Å². The number of carboxylic acids is 1. The van der Waals surface area contributed by atoms with Crippen LogP contribution in [0.2, 0.25) is 0 Å². The fourth-order valence-electron chi connectivity index (χ4n) is 6.94. The molecule has 0 aromatic rings. The van der Waals surface area contributed by atoms with Gasteiger partial charge in [-0.25, -0.2) is 0 Å². The van der Waals surface area contributed by atoms with Crippen molar-refractivity contribution in [1.29, 1.82) is 0 Å². The Bertz CT molecular complexity index is 973. The number of carboxylic acid groups (broad SMARTS) is 1. The highest BCUT2D eigenvalue weighted by Crippen LogP contribution is 2.15. The molecule has 0 aliphatic rings. The zero-order valence-corrected chi connectivity index (χ0v) is 37.3. The fraction of sp³-hybridized carbons (Fsp3) is 0.854. The second-order valence-corrected chi connectivity index (χ2v) is 17.0. The molecular formula is C48H89NO7. The van der Waals surface area contributed by atoms with Gasteiger partial charge in [-0.3, -0.25) is 9.59 Å². The first-order valence-electron chi connectivity index (χ1n) is 23.4. The molecule has 0 amide bonds. The van der Waals surface area contributed by atoms with Crippen molar-refractivity contribution < 1.29 is 38.2 Å². The monoisotopic (exact) mass is 792 g/mol. The van der Waals surface area contributed by atoms with E-state index in [1.807, 2.05) is 0 Å². The molecule has 56 heavy (non-hydrogen) atoms. The van der Waals surface area contributed by atoms with Crippen LogP contribution in [0.3, 0.4) is 0 Å². The number of allylic oxidation sites excluding steroid dienone is 4. The molecule has 0 fully saturated rings. The Balaban J connectivity index is 4.26. The lowest BCUT2D eigenvalue weighted by Crippen LogP contribution is -2.55. The Hall–Kier alpha value is -2.19. The average molecular weight is 792 g/mol. The SMILES string of the molecule is CCCCC/C=C/C=C/CCCCCCCCCCCCC(=O)OCC(COCCC(C(=O)[O-])[N+](C)(C)C)OC(=O)CCCCCCCCCCCCCCC. The van der Waals surface area contributed by atoms with E-state index in [4.69, 9.17) is 14.2 Å². The third kappa shape index (κ3) is 37.4. The van der Waals surface area contributed by atoms with Crippen LogP contribution in [0.1, 0.15) is 213 Å². The molecule has 0 N–H and O–H groups in total. The molecule has 0 aromatic heterocycles. The van der Waals surface area contributed by atoms with Gasteiger partial charge in [0.1, 0.15) is 12.6 Å². The summed E-state index contributed by atoms with van der Waals surface area (Å²) in [7, 11) is 5.41. The van der Waals surface area contributed by atoms with E-state index in [1.165, 1.54) is 141 Å². The lowest BCUT2D eigenvalue weighted by molar-refractivity contribution is -0.889. The number of unbranched alkanes of at least 4 members (excludes halogenated alkanes) is 25. The first-order chi connectivity index (χ1) is 27.1. The van der Waals surface area contributed by atoms with Gasteiger partial charge in [-0.2, -0.15) is 0 Å². The van der Waals surface area contributed by atoms with Crippen LogP contribution in [0.15, 0.2) is 24.3 Å². The second-order valence-electron chi connectivity index (χ2n) is 17.0. The topological polar surface area (TPSA) is 102 Å². The van der Waals surface area contributed by atoms with Crippen LogP contribution in [0.5, 0.6) is 0 Å². The standard InChI is InChI=1S/C48H89NO7/c1-6-8-10-12-14-16-18-20-21-22-23-24-25-27-28-30-32-34-36-38-46(50)55-43-44(42-54-41-40-45(48(52)53)49(3,4)5)56-47(51)39-37-35-33-31-29-26-19-17-15-13-11-9-7-2/h14,16,18,20,44-45H,6-13,15,17,19,21-43H2,1-5H3/b16-14+,20-18+. The molecule has 2 unspecified atom stereocenters. The molecule has 0 radical (unpaired) electrons. The maximum Gasteiger partial charge on any atom is 0.306 e. The molecule has 0 saturated carbocycles. The highest BCUT2D eigenvalue weighted by molar-refractivity contribution is 5.70. The number of rotatable bonds is 42. The molecule has 0 saturated heterocycles. The van der Waals surface area contributed by atoms with Crippen LogP contribution in [0.4, 0.5) is 0 Å². The second kappa shape index (κ2) is 39.6. The smallest absolute Gasteiger partial charge is 0.306 e. The van der Waals surface area contributed by atoms with E-state index in [0.29, 0.717) is 12.8 Å². The minimum atomic E-state index is -1.12. The van der Waals surface area contributed by atoms with Crippen molar-refractivity contribution in [2.45, 2.75) is 225 Å². The minimum absolute atomic E-state index is 0.0441. The van der Waals surface area contributed by atoms with E-state index in [-0.39, 0.29) is 42.7 Å². The molecule has 328 valence electrons. The predicted molar refractivity (Wildman–Crippen MR) is 231 cm³/mol. The van der Waals surface area contributed by atoms with Gasteiger partial charge in [0.15, 0.2) is 6.10 Å². The molecule has 2 atom stereocenters. The Labute approximate surface area is 345 Å². The molecule has 0 rings (SSSR count). The first-order valence-corrected chi connectivity index (χ1v) is 23.4. The van der Waals surface area contributed by atoms with E-state index in [9.17, 15) is 19.5 Å². The van der Waals surface area contributed by atoms with Gasteiger partial charge in [0, 0.05) is 19.3 Å². The quantitative estimate of drug-likeness (QED) is 0.0262. The summed E-state index contributed by atoms with van der Waals surface area (Å²) in [5, 5.41) is 11.6. The summed E-state index contributed by atoms with van der Waals surface area (Å²) in [5.41, 5.74) is 0. The van der Waals surface area contributed by atoms with Crippen molar-refractivity contribution in [3.05, 3.63) is 24.3 Å². The molecule has 0 aliphatic carbocycles. The zero-order valence-electron chi connectivity index (χ0n) is 37.3. The van der Waals surface area contributed by atoms with Crippen molar-refractivity contribution in [1.82, 2.24) is 0 Å². The number of hydrogen-bond acceptors (Lipinski definition) is 7. The van der Waals surface area contributed by atoms with Crippen LogP contribution < -0.4 is 5.11 Å². The fourth-order valence-corrected chi connectivity index (χ4v) is 6.94. The highest BCUT2D eigenvalue weighted by Gasteiger charge is 2.25. The lowest BCUT2D eigenvalue weighted by Gasteiger charge is -2.34. The molecular weight excluding hydrogens is 703 g/mol. The Morgan fingerprint density at radius 3 is 1.38 bits per heavy atom. The van der Waals surface area contributed by atoms with Gasteiger partial charge < -0.3 is 28.6 Å². The Morgan fingerprint density at radius 1 is 0.536 bits per heavy atom. The van der Waals surface area contributed by atoms with Crippen molar-refractivity contribution in [2.75, 3.05) is 41.0 Å². The molecule has 0 heterocycles. The van der Waals surface area contributed by atoms with Crippen molar-refractivity contribution in [2.24, 2.45) is 0 Å². The van der Waals surface area contributed by atoms with E-state index in [2.05, 4.69) is 38.2 Å². The number of esters is 2. The van der Waals surface area contributed by atoms with E-state index < -0.39 is 18.1 Å². The molecule has 0 aromatic carbocycles. The van der Waals surface area contributed by atoms with Gasteiger partial charge in [0.05, 0.1) is 40.3 Å². The van der Waals surface area contributed by atoms with Crippen LogP contribution in [0, 0.1) is 0 Å². The van der Waals surface area contributed by atoms with Crippen molar-refractivity contribution in [3.63, 3.8) is 0 Å². The lowest BCUT2D eigenvalue weighted by atomic mass is 10.0. The van der Waals surface area contributed by atoms with Crippen LogP contribution in [-0.2, 0) is 28.6 Å². The number of likely N-dealkylation sites (N-methyl/N-ethyl adjacent to an activating group) is 1.